The number of nitrogens with two attached hydrogens (primary N) is 1. The van der Waals surface area contributed by atoms with E-state index in [1.54, 1.807) is 0 Å². The second-order valence-electron chi connectivity index (χ2n) is 7.55. The zero-order valence-electron chi connectivity index (χ0n) is 16.9. The van der Waals surface area contributed by atoms with Gasteiger partial charge in [-0.15, -0.1) is 0 Å². The molecular formula is C22H48N2. The summed E-state index contributed by atoms with van der Waals surface area (Å²) in [5, 5.41) is 3.62. The predicted molar refractivity (Wildman–Crippen MR) is 111 cm³/mol. The van der Waals surface area contributed by atoms with Crippen molar-refractivity contribution in [2.24, 2.45) is 5.73 Å². The van der Waals surface area contributed by atoms with E-state index >= 15 is 0 Å². The van der Waals surface area contributed by atoms with Crippen molar-refractivity contribution in [1.82, 2.24) is 5.32 Å². The maximum absolute atomic E-state index is 5.50. The van der Waals surface area contributed by atoms with Crippen LogP contribution >= 0.6 is 0 Å². The van der Waals surface area contributed by atoms with Crippen LogP contribution in [0.4, 0.5) is 0 Å². The van der Waals surface area contributed by atoms with E-state index in [1.165, 1.54) is 129 Å². The standard InChI is InChI=1S/C22H48N2/c1-2-3-4-5-6-12-15-18-21-24-22-19-16-13-10-8-7-9-11-14-17-20-23/h24H,2-23H2,1H3. The van der Waals surface area contributed by atoms with E-state index in [0.29, 0.717) is 0 Å². The normalized spacial score (nSPS) is 11.2. The molecule has 0 spiro atoms. The van der Waals surface area contributed by atoms with Crippen molar-refractivity contribution in [2.75, 3.05) is 19.6 Å². The molecule has 0 bridgehead atoms. The van der Waals surface area contributed by atoms with Crippen molar-refractivity contribution < 1.29 is 0 Å². The highest BCUT2D eigenvalue weighted by atomic mass is 14.8. The van der Waals surface area contributed by atoms with Gasteiger partial charge in [0.25, 0.3) is 0 Å². The van der Waals surface area contributed by atoms with E-state index in [4.69, 9.17) is 5.73 Å². The third kappa shape index (κ3) is 21.9. The van der Waals surface area contributed by atoms with Crippen LogP contribution < -0.4 is 11.1 Å². The average Bonchev–Trinajstić information content (AvgIpc) is 2.60. The lowest BCUT2D eigenvalue weighted by Gasteiger charge is -2.05. The molecule has 0 saturated carbocycles. The molecule has 0 aromatic rings. The largest absolute Gasteiger partial charge is 0.330 e. The summed E-state index contributed by atoms with van der Waals surface area (Å²) in [6, 6.07) is 0. The average molecular weight is 341 g/mol. The minimum Gasteiger partial charge on any atom is -0.330 e. The van der Waals surface area contributed by atoms with Crippen molar-refractivity contribution >= 4 is 0 Å². The highest BCUT2D eigenvalue weighted by Gasteiger charge is 1.94. The molecule has 0 radical (unpaired) electrons. The van der Waals surface area contributed by atoms with Gasteiger partial charge in [-0.2, -0.15) is 0 Å². The summed E-state index contributed by atoms with van der Waals surface area (Å²) in [5.41, 5.74) is 5.50. The van der Waals surface area contributed by atoms with Crippen LogP contribution in [0.5, 0.6) is 0 Å². The van der Waals surface area contributed by atoms with Gasteiger partial charge in [0.15, 0.2) is 0 Å². The first kappa shape index (κ1) is 23.9. The number of hydrogen-bond donors (Lipinski definition) is 2. The smallest absolute Gasteiger partial charge is 0.00489 e. The Morgan fingerprint density at radius 1 is 0.458 bits per heavy atom. The molecule has 0 aliphatic heterocycles. The second kappa shape index (κ2) is 22.9. The first-order valence-electron chi connectivity index (χ1n) is 11.3. The highest BCUT2D eigenvalue weighted by Crippen LogP contribution is 2.10. The molecule has 0 amide bonds. The van der Waals surface area contributed by atoms with Gasteiger partial charge in [-0.3, -0.25) is 0 Å². The van der Waals surface area contributed by atoms with Crippen LogP contribution in [0.3, 0.4) is 0 Å². The molecule has 0 rings (SSSR count). The molecule has 0 aliphatic carbocycles. The Bertz CT molecular complexity index is 184. The van der Waals surface area contributed by atoms with E-state index in [-0.39, 0.29) is 0 Å². The minimum absolute atomic E-state index is 0.868. The summed E-state index contributed by atoms with van der Waals surface area (Å²) in [6.45, 7) is 5.62. The number of rotatable bonds is 21. The van der Waals surface area contributed by atoms with Gasteiger partial charge in [-0.25, -0.2) is 0 Å². The predicted octanol–water partition coefficient (Wildman–Crippen LogP) is 6.58. The fourth-order valence-electron chi connectivity index (χ4n) is 3.32. The van der Waals surface area contributed by atoms with Crippen molar-refractivity contribution in [1.29, 1.82) is 0 Å². The van der Waals surface area contributed by atoms with E-state index in [9.17, 15) is 0 Å². The third-order valence-electron chi connectivity index (χ3n) is 5.01. The lowest BCUT2D eigenvalue weighted by Crippen LogP contribution is -2.16. The third-order valence-corrected chi connectivity index (χ3v) is 5.01. The Labute approximate surface area is 153 Å². The Morgan fingerprint density at radius 3 is 1.17 bits per heavy atom. The minimum atomic E-state index is 0.868. The molecule has 0 aliphatic rings. The lowest BCUT2D eigenvalue weighted by atomic mass is 10.1. The number of hydrogen-bond acceptors (Lipinski definition) is 2. The zero-order chi connectivity index (χ0) is 17.6. The molecule has 2 heteroatoms. The van der Waals surface area contributed by atoms with Crippen LogP contribution in [0.2, 0.25) is 0 Å². The Kier molecular flexibility index (Phi) is 22.8. The zero-order valence-corrected chi connectivity index (χ0v) is 16.9. The molecule has 2 nitrogen and oxygen atoms in total. The van der Waals surface area contributed by atoms with Crippen molar-refractivity contribution in [3.63, 3.8) is 0 Å². The molecule has 24 heavy (non-hydrogen) atoms. The van der Waals surface area contributed by atoms with Gasteiger partial charge in [-0.05, 0) is 38.9 Å². The SMILES string of the molecule is CCCCCCCCCCNCCCCCCCCCCCCN. The Hall–Kier alpha value is -0.0800. The van der Waals surface area contributed by atoms with Crippen molar-refractivity contribution in [3.8, 4) is 0 Å². The van der Waals surface area contributed by atoms with Crippen LogP contribution in [0.1, 0.15) is 122 Å². The molecule has 146 valence electrons. The van der Waals surface area contributed by atoms with Gasteiger partial charge in [0.2, 0.25) is 0 Å². The van der Waals surface area contributed by atoms with Crippen LogP contribution in [0, 0.1) is 0 Å². The van der Waals surface area contributed by atoms with Gasteiger partial charge >= 0.3 is 0 Å². The fraction of sp³-hybridized carbons (Fsp3) is 1.00. The van der Waals surface area contributed by atoms with E-state index in [2.05, 4.69) is 12.2 Å². The quantitative estimate of drug-likeness (QED) is 0.232. The molecule has 0 aromatic heterocycles. The molecule has 0 heterocycles. The fourth-order valence-corrected chi connectivity index (χ4v) is 3.32. The van der Waals surface area contributed by atoms with Crippen molar-refractivity contribution in [3.05, 3.63) is 0 Å². The van der Waals surface area contributed by atoms with Gasteiger partial charge in [0.1, 0.15) is 0 Å². The maximum atomic E-state index is 5.50. The summed E-state index contributed by atoms with van der Waals surface area (Å²) >= 11 is 0. The number of nitrogens with one attached hydrogen (secondary N) is 1. The van der Waals surface area contributed by atoms with Crippen LogP contribution in [0.25, 0.3) is 0 Å². The van der Waals surface area contributed by atoms with Gasteiger partial charge in [-0.1, -0.05) is 103 Å². The second-order valence-corrected chi connectivity index (χ2v) is 7.55. The summed E-state index contributed by atoms with van der Waals surface area (Å²) in [7, 11) is 0. The summed E-state index contributed by atoms with van der Waals surface area (Å²) in [5.74, 6) is 0. The monoisotopic (exact) mass is 340 g/mol. The highest BCUT2D eigenvalue weighted by molar-refractivity contribution is 4.52. The molecule has 0 unspecified atom stereocenters. The topological polar surface area (TPSA) is 38.0 Å². The molecule has 0 atom stereocenters. The summed E-state index contributed by atoms with van der Waals surface area (Å²) < 4.78 is 0. The molecular weight excluding hydrogens is 292 g/mol. The molecule has 0 saturated heterocycles. The van der Waals surface area contributed by atoms with E-state index in [0.717, 1.165) is 6.54 Å². The van der Waals surface area contributed by atoms with Gasteiger partial charge in [0, 0.05) is 0 Å². The summed E-state index contributed by atoms with van der Waals surface area (Å²) in [4.78, 5) is 0. The van der Waals surface area contributed by atoms with Gasteiger partial charge in [0.05, 0.1) is 0 Å². The Balaban J connectivity index is 2.93. The maximum Gasteiger partial charge on any atom is -0.00489 e. The van der Waals surface area contributed by atoms with Crippen LogP contribution in [-0.2, 0) is 0 Å². The van der Waals surface area contributed by atoms with Crippen LogP contribution in [0.15, 0.2) is 0 Å². The Morgan fingerprint density at radius 2 is 0.792 bits per heavy atom. The van der Waals surface area contributed by atoms with Crippen molar-refractivity contribution in [2.45, 2.75) is 122 Å². The summed E-state index contributed by atoms with van der Waals surface area (Å²) in [6.07, 6.45) is 25.3. The first-order valence-corrected chi connectivity index (χ1v) is 11.3. The first-order chi connectivity index (χ1) is 11.9. The van der Waals surface area contributed by atoms with Crippen LogP contribution in [-0.4, -0.2) is 19.6 Å². The molecule has 3 N–H and O–H groups in total. The molecule has 0 fully saturated rings. The van der Waals surface area contributed by atoms with E-state index < -0.39 is 0 Å². The van der Waals surface area contributed by atoms with Gasteiger partial charge < -0.3 is 11.1 Å². The number of unbranched alkanes of at least 4 members (excludes halogenated alkanes) is 16. The lowest BCUT2D eigenvalue weighted by molar-refractivity contribution is 0.527. The molecule has 0 aromatic carbocycles. The van der Waals surface area contributed by atoms with E-state index in [1.807, 2.05) is 0 Å².